The maximum absolute atomic E-state index is 9.65. The zero-order valence-electron chi connectivity index (χ0n) is 8.32. The van der Waals surface area contributed by atoms with Gasteiger partial charge in [-0.05, 0) is 32.5 Å². The van der Waals surface area contributed by atoms with Gasteiger partial charge in [0.15, 0.2) is 0 Å². The molecule has 0 saturated carbocycles. The van der Waals surface area contributed by atoms with E-state index in [-0.39, 0.29) is 7.05 Å². The van der Waals surface area contributed by atoms with E-state index in [4.69, 9.17) is 5.73 Å². The van der Waals surface area contributed by atoms with E-state index in [1.807, 2.05) is 6.82 Å². The molecule has 2 bridgehead atoms. The van der Waals surface area contributed by atoms with Gasteiger partial charge in [0.25, 0.3) is 0 Å². The van der Waals surface area contributed by atoms with Crippen LogP contribution < -0.4 is 5.73 Å². The van der Waals surface area contributed by atoms with Crippen LogP contribution in [0.5, 0.6) is 0 Å². The standard InChI is InChI=1S/C9H19BN2O/c1-10(13)12-8-3-2-4-9(12)6-7(11)5-8/h7-9,13H,2-6,11H2,1H3/t7?,8-,9?/m1/s1. The third-order valence-electron chi connectivity index (χ3n) is 3.50. The Labute approximate surface area is 80.4 Å². The number of hydrogen-bond donors (Lipinski definition) is 2. The van der Waals surface area contributed by atoms with E-state index in [0.29, 0.717) is 18.1 Å². The Bertz CT molecular complexity index is 174. The predicted molar refractivity (Wildman–Crippen MR) is 54.3 cm³/mol. The van der Waals surface area contributed by atoms with Crippen molar-refractivity contribution in [3.8, 4) is 0 Å². The van der Waals surface area contributed by atoms with Gasteiger partial charge in [-0.2, -0.15) is 0 Å². The minimum Gasteiger partial charge on any atom is -0.437 e. The van der Waals surface area contributed by atoms with Crippen molar-refractivity contribution in [1.29, 1.82) is 0 Å². The van der Waals surface area contributed by atoms with Crippen LogP contribution in [0, 0.1) is 0 Å². The molecular weight excluding hydrogens is 163 g/mol. The molecule has 3 nitrogen and oxygen atoms in total. The second-order valence-electron chi connectivity index (χ2n) is 4.55. The van der Waals surface area contributed by atoms with Crippen molar-refractivity contribution in [1.82, 2.24) is 4.81 Å². The molecule has 0 spiro atoms. The van der Waals surface area contributed by atoms with Crippen LogP contribution in [-0.4, -0.2) is 35.0 Å². The molecule has 0 aromatic carbocycles. The van der Waals surface area contributed by atoms with Gasteiger partial charge in [0.1, 0.15) is 0 Å². The topological polar surface area (TPSA) is 49.5 Å². The summed E-state index contributed by atoms with van der Waals surface area (Å²) in [7, 11) is -0.289. The molecule has 2 unspecified atom stereocenters. The van der Waals surface area contributed by atoms with E-state index in [1.54, 1.807) is 0 Å². The van der Waals surface area contributed by atoms with Crippen molar-refractivity contribution in [3.05, 3.63) is 0 Å². The highest BCUT2D eigenvalue weighted by molar-refractivity contribution is 6.45. The molecule has 2 fully saturated rings. The number of piperidine rings is 2. The summed E-state index contributed by atoms with van der Waals surface area (Å²) in [5.74, 6) is 0. The number of nitrogens with two attached hydrogens (primary N) is 1. The quantitative estimate of drug-likeness (QED) is 0.578. The van der Waals surface area contributed by atoms with Crippen LogP contribution in [0.1, 0.15) is 32.1 Å². The first-order valence-electron chi connectivity index (χ1n) is 5.39. The van der Waals surface area contributed by atoms with Gasteiger partial charge in [0, 0.05) is 18.1 Å². The van der Waals surface area contributed by atoms with Gasteiger partial charge in [-0.1, -0.05) is 6.42 Å². The smallest absolute Gasteiger partial charge is 0.376 e. The molecule has 74 valence electrons. The fraction of sp³-hybridized carbons (Fsp3) is 1.00. The number of fused-ring (bicyclic) bond motifs is 2. The summed E-state index contributed by atoms with van der Waals surface area (Å²) in [6.45, 7) is 1.88. The van der Waals surface area contributed by atoms with Crippen LogP contribution in [0.15, 0.2) is 0 Å². The van der Waals surface area contributed by atoms with Crippen LogP contribution in [0.4, 0.5) is 0 Å². The molecule has 2 aliphatic rings. The third-order valence-corrected chi connectivity index (χ3v) is 3.50. The molecule has 3 N–H and O–H groups in total. The Morgan fingerprint density at radius 2 is 1.85 bits per heavy atom. The fourth-order valence-electron chi connectivity index (χ4n) is 3.07. The molecule has 3 atom stereocenters. The normalized spacial score (nSPS) is 40.4. The highest BCUT2D eigenvalue weighted by Gasteiger charge is 2.39. The Hall–Kier alpha value is -0.0551. The lowest BCUT2D eigenvalue weighted by atomic mass is 9.71. The zero-order valence-corrected chi connectivity index (χ0v) is 8.32. The number of rotatable bonds is 1. The second-order valence-corrected chi connectivity index (χ2v) is 4.55. The number of hydrogen-bond acceptors (Lipinski definition) is 3. The highest BCUT2D eigenvalue weighted by Crippen LogP contribution is 2.33. The zero-order chi connectivity index (χ0) is 9.42. The van der Waals surface area contributed by atoms with Crippen LogP contribution in [0.25, 0.3) is 0 Å². The van der Waals surface area contributed by atoms with Crippen LogP contribution in [0.2, 0.25) is 6.82 Å². The second kappa shape index (κ2) is 3.60. The molecule has 0 amide bonds. The Kier molecular flexibility index (Phi) is 2.63. The lowest BCUT2D eigenvalue weighted by Gasteiger charge is -2.49. The Morgan fingerprint density at radius 3 is 2.31 bits per heavy atom. The Balaban J connectivity index is 2.10. The van der Waals surface area contributed by atoms with Gasteiger partial charge in [-0.3, -0.25) is 0 Å². The maximum Gasteiger partial charge on any atom is 0.376 e. The molecule has 13 heavy (non-hydrogen) atoms. The van der Waals surface area contributed by atoms with Crippen molar-refractivity contribution in [3.63, 3.8) is 0 Å². The summed E-state index contributed by atoms with van der Waals surface area (Å²) in [4.78, 5) is 2.27. The first-order chi connectivity index (χ1) is 6.18. The summed E-state index contributed by atoms with van der Waals surface area (Å²) in [5.41, 5.74) is 5.98. The van der Waals surface area contributed by atoms with Gasteiger partial charge in [-0.15, -0.1) is 0 Å². The highest BCUT2D eigenvalue weighted by atomic mass is 16.2. The van der Waals surface area contributed by atoms with Gasteiger partial charge in [-0.25, -0.2) is 0 Å². The third kappa shape index (κ3) is 1.76. The first kappa shape index (κ1) is 9.50. The monoisotopic (exact) mass is 182 g/mol. The van der Waals surface area contributed by atoms with Crippen molar-refractivity contribution in [2.45, 2.75) is 57.1 Å². The van der Waals surface area contributed by atoms with Crippen LogP contribution >= 0.6 is 0 Å². The lowest BCUT2D eigenvalue weighted by molar-refractivity contribution is 0.0923. The molecule has 2 rings (SSSR count). The average Bonchev–Trinajstić information content (AvgIpc) is 2.01. The minimum absolute atomic E-state index is 0.289. The molecule has 0 aliphatic carbocycles. The van der Waals surface area contributed by atoms with E-state index in [1.165, 1.54) is 19.3 Å². The van der Waals surface area contributed by atoms with E-state index in [2.05, 4.69) is 4.81 Å². The molecule has 2 aliphatic heterocycles. The summed E-state index contributed by atoms with van der Waals surface area (Å²) in [6, 6.07) is 1.45. The SMILES string of the molecule is CB(O)N1C2CCC[C@@H]1CC(N)C2. The van der Waals surface area contributed by atoms with E-state index in [0.717, 1.165) is 12.8 Å². The first-order valence-corrected chi connectivity index (χ1v) is 5.39. The molecular formula is C9H19BN2O. The van der Waals surface area contributed by atoms with Crippen LogP contribution in [0.3, 0.4) is 0 Å². The van der Waals surface area contributed by atoms with Crippen LogP contribution in [-0.2, 0) is 0 Å². The predicted octanol–water partition coefficient (Wildman–Crippen LogP) is 0.441. The molecule has 2 saturated heterocycles. The summed E-state index contributed by atoms with van der Waals surface area (Å²) >= 11 is 0. The minimum atomic E-state index is -0.289. The molecule has 2 heterocycles. The fourth-order valence-corrected chi connectivity index (χ4v) is 3.07. The lowest BCUT2D eigenvalue weighted by Crippen LogP contribution is -2.59. The molecule has 0 radical (unpaired) electrons. The molecule has 0 aromatic heterocycles. The van der Waals surface area contributed by atoms with E-state index < -0.39 is 0 Å². The summed E-state index contributed by atoms with van der Waals surface area (Å²) in [6.07, 6.45) is 5.89. The van der Waals surface area contributed by atoms with E-state index >= 15 is 0 Å². The van der Waals surface area contributed by atoms with Crippen molar-refractivity contribution < 1.29 is 5.02 Å². The van der Waals surface area contributed by atoms with Crippen molar-refractivity contribution in [2.24, 2.45) is 5.73 Å². The average molecular weight is 182 g/mol. The van der Waals surface area contributed by atoms with Crippen molar-refractivity contribution >= 4 is 7.05 Å². The van der Waals surface area contributed by atoms with Gasteiger partial charge in [0.2, 0.25) is 0 Å². The van der Waals surface area contributed by atoms with Gasteiger partial charge in [0.05, 0.1) is 0 Å². The van der Waals surface area contributed by atoms with Gasteiger partial charge >= 0.3 is 7.05 Å². The largest absolute Gasteiger partial charge is 0.437 e. The molecule has 4 heteroatoms. The number of nitrogens with zero attached hydrogens (tertiary/aromatic N) is 1. The Morgan fingerprint density at radius 1 is 1.31 bits per heavy atom. The maximum atomic E-state index is 9.65. The summed E-state index contributed by atoms with van der Waals surface area (Å²) in [5, 5.41) is 9.65. The van der Waals surface area contributed by atoms with E-state index in [9.17, 15) is 5.02 Å². The summed E-state index contributed by atoms with van der Waals surface area (Å²) < 4.78 is 0. The van der Waals surface area contributed by atoms with Crippen molar-refractivity contribution in [2.75, 3.05) is 0 Å². The molecule has 0 aromatic rings. The van der Waals surface area contributed by atoms with Gasteiger partial charge < -0.3 is 15.6 Å².